The molecule has 11 rings (SSSR count). The third kappa shape index (κ3) is 6.06. The molecule has 282 valence electrons. The largest absolute Gasteiger partial charge is 0.309 e. The number of nitrogens with zero attached hydrogens (tertiary/aromatic N) is 2. The van der Waals surface area contributed by atoms with Crippen LogP contribution in [0.15, 0.2) is 243 Å². The summed E-state index contributed by atoms with van der Waals surface area (Å²) in [7, 11) is 0. The maximum absolute atomic E-state index is 2.50. The third-order valence-electron chi connectivity index (χ3n) is 11.8. The fourth-order valence-electron chi connectivity index (χ4n) is 9.11. The molecule has 0 spiro atoms. The van der Waals surface area contributed by atoms with Crippen LogP contribution in [0.25, 0.3) is 82.8 Å². The Labute approximate surface area is 350 Å². The highest BCUT2D eigenvalue weighted by atomic mass is 15.2. The molecule has 11 aromatic rings. The molecule has 10 aromatic carbocycles. The Hall–Kier alpha value is -7.94. The van der Waals surface area contributed by atoms with Gasteiger partial charge >= 0.3 is 0 Å². The molecule has 0 bridgehead atoms. The van der Waals surface area contributed by atoms with Gasteiger partial charge in [0.25, 0.3) is 0 Å². The van der Waals surface area contributed by atoms with Crippen LogP contribution in [0, 0.1) is 0 Å². The molecule has 0 aliphatic rings. The molecule has 0 aliphatic carbocycles. The second-order valence-electron chi connectivity index (χ2n) is 15.3. The molecule has 0 atom stereocenters. The Morgan fingerprint density at radius 2 is 0.767 bits per heavy atom. The first-order valence-corrected chi connectivity index (χ1v) is 20.6. The second-order valence-corrected chi connectivity index (χ2v) is 15.3. The van der Waals surface area contributed by atoms with E-state index in [9.17, 15) is 0 Å². The number of anilines is 3. The summed E-state index contributed by atoms with van der Waals surface area (Å²) < 4.78 is 2.50. The van der Waals surface area contributed by atoms with Crippen molar-refractivity contribution in [3.8, 4) is 50.2 Å². The van der Waals surface area contributed by atoms with Gasteiger partial charge < -0.3 is 9.47 Å². The summed E-state index contributed by atoms with van der Waals surface area (Å²) in [5.41, 5.74) is 16.2. The fourth-order valence-corrected chi connectivity index (χ4v) is 9.11. The van der Waals surface area contributed by atoms with Crippen molar-refractivity contribution in [3.05, 3.63) is 243 Å². The number of para-hydroxylation sites is 3. The molecule has 0 N–H and O–H groups in total. The highest BCUT2D eigenvalue weighted by Crippen LogP contribution is 2.49. The number of aromatic nitrogens is 1. The van der Waals surface area contributed by atoms with Gasteiger partial charge in [0.1, 0.15) is 0 Å². The lowest BCUT2D eigenvalue weighted by Crippen LogP contribution is -2.13. The Bertz CT molecular complexity index is 3220. The van der Waals surface area contributed by atoms with E-state index in [-0.39, 0.29) is 0 Å². The summed E-state index contributed by atoms with van der Waals surface area (Å²) >= 11 is 0. The summed E-state index contributed by atoms with van der Waals surface area (Å²) in [6, 6.07) is 88.0. The minimum Gasteiger partial charge on any atom is -0.309 e. The van der Waals surface area contributed by atoms with Crippen molar-refractivity contribution < 1.29 is 0 Å². The van der Waals surface area contributed by atoms with E-state index in [2.05, 4.69) is 252 Å². The molecular formula is C58H40N2. The summed E-state index contributed by atoms with van der Waals surface area (Å²) in [5.74, 6) is 0. The second kappa shape index (κ2) is 15.1. The zero-order chi connectivity index (χ0) is 39.8. The average molecular weight is 765 g/mol. The molecule has 0 saturated carbocycles. The number of hydrogen-bond donors (Lipinski definition) is 0. The van der Waals surface area contributed by atoms with Crippen LogP contribution in [0.3, 0.4) is 0 Å². The van der Waals surface area contributed by atoms with Gasteiger partial charge in [-0.25, -0.2) is 0 Å². The minimum atomic E-state index is 1.11. The highest BCUT2D eigenvalue weighted by molar-refractivity contribution is 6.18. The van der Waals surface area contributed by atoms with Crippen LogP contribution in [0.5, 0.6) is 0 Å². The minimum absolute atomic E-state index is 1.11. The molecule has 2 nitrogen and oxygen atoms in total. The zero-order valence-electron chi connectivity index (χ0n) is 33.0. The van der Waals surface area contributed by atoms with E-state index in [1.165, 1.54) is 54.9 Å². The topological polar surface area (TPSA) is 8.17 Å². The van der Waals surface area contributed by atoms with Crippen molar-refractivity contribution in [2.45, 2.75) is 0 Å². The summed E-state index contributed by atoms with van der Waals surface area (Å²) in [6.07, 6.45) is 0. The van der Waals surface area contributed by atoms with Crippen molar-refractivity contribution >= 4 is 49.6 Å². The summed E-state index contributed by atoms with van der Waals surface area (Å²) in [4.78, 5) is 2.50. The number of hydrogen-bond acceptors (Lipinski definition) is 1. The molecule has 2 heteroatoms. The first-order valence-electron chi connectivity index (χ1n) is 20.6. The van der Waals surface area contributed by atoms with Gasteiger partial charge in [-0.05, 0) is 75.0 Å². The first-order chi connectivity index (χ1) is 29.8. The SMILES string of the molecule is c1ccc(-c2ccc(-c3cccc4ccccc34)c(-n3c4ccccc4c4c(N(c5ccccc5-c5ccccc5)c5ccccc5-c5ccccc5)cccc43)c2)cc1. The van der Waals surface area contributed by atoms with Crippen LogP contribution in [0.2, 0.25) is 0 Å². The van der Waals surface area contributed by atoms with Gasteiger partial charge in [0.15, 0.2) is 0 Å². The normalized spacial score (nSPS) is 11.3. The van der Waals surface area contributed by atoms with Gasteiger partial charge in [0.05, 0.1) is 33.8 Å². The Balaban J connectivity index is 1.25. The van der Waals surface area contributed by atoms with Gasteiger partial charge in [-0.1, -0.05) is 206 Å². The monoisotopic (exact) mass is 764 g/mol. The van der Waals surface area contributed by atoms with E-state index in [0.29, 0.717) is 0 Å². The van der Waals surface area contributed by atoms with E-state index >= 15 is 0 Å². The first kappa shape index (κ1) is 35.2. The Morgan fingerprint density at radius 1 is 0.283 bits per heavy atom. The standard InChI is InChI=1S/C58H40N2/c1-4-20-41(21-5-1)45-38-39-50(49-32-18-27-42-26-10-11-28-46(42)49)57(40-45)60-54-35-17-14-31-51(54)58-55(36-19-37-56(58)60)59(52-33-15-12-29-47(52)43-22-6-2-7-23-43)53-34-16-13-30-48(53)44-24-8-3-9-25-44/h1-40H. The predicted molar refractivity (Wildman–Crippen MR) is 255 cm³/mol. The average Bonchev–Trinajstić information content (AvgIpc) is 3.67. The van der Waals surface area contributed by atoms with Crippen LogP contribution in [-0.2, 0) is 0 Å². The third-order valence-corrected chi connectivity index (χ3v) is 11.8. The maximum Gasteiger partial charge on any atom is 0.0562 e. The highest BCUT2D eigenvalue weighted by Gasteiger charge is 2.26. The van der Waals surface area contributed by atoms with Gasteiger partial charge in [0, 0.05) is 27.5 Å². The van der Waals surface area contributed by atoms with Gasteiger partial charge in [0.2, 0.25) is 0 Å². The molecule has 0 radical (unpaired) electrons. The fraction of sp³-hybridized carbons (Fsp3) is 0. The summed E-state index contributed by atoms with van der Waals surface area (Å²) in [6.45, 7) is 0. The lowest BCUT2D eigenvalue weighted by Gasteiger charge is -2.30. The van der Waals surface area contributed by atoms with Crippen molar-refractivity contribution in [3.63, 3.8) is 0 Å². The molecule has 60 heavy (non-hydrogen) atoms. The van der Waals surface area contributed by atoms with Gasteiger partial charge in [-0.2, -0.15) is 0 Å². The molecule has 1 aromatic heterocycles. The van der Waals surface area contributed by atoms with E-state index < -0.39 is 0 Å². The molecule has 0 amide bonds. The van der Waals surface area contributed by atoms with E-state index in [1.807, 2.05) is 0 Å². The molecule has 0 unspecified atom stereocenters. The van der Waals surface area contributed by atoms with E-state index in [4.69, 9.17) is 0 Å². The molecule has 1 heterocycles. The van der Waals surface area contributed by atoms with Crippen LogP contribution in [0.4, 0.5) is 17.1 Å². The Morgan fingerprint density at radius 3 is 1.45 bits per heavy atom. The number of fused-ring (bicyclic) bond motifs is 4. The van der Waals surface area contributed by atoms with E-state index in [1.54, 1.807) is 0 Å². The van der Waals surface area contributed by atoms with Crippen molar-refractivity contribution in [1.82, 2.24) is 4.57 Å². The quantitative estimate of drug-likeness (QED) is 0.150. The summed E-state index contributed by atoms with van der Waals surface area (Å²) in [5, 5.41) is 4.84. The molecule has 0 fully saturated rings. The van der Waals surface area contributed by atoms with E-state index in [0.717, 1.165) is 44.9 Å². The van der Waals surface area contributed by atoms with Crippen LogP contribution >= 0.6 is 0 Å². The van der Waals surface area contributed by atoms with Crippen LogP contribution < -0.4 is 4.90 Å². The van der Waals surface area contributed by atoms with Gasteiger partial charge in [-0.15, -0.1) is 0 Å². The lowest BCUT2D eigenvalue weighted by atomic mass is 9.94. The van der Waals surface area contributed by atoms with Crippen molar-refractivity contribution in [2.75, 3.05) is 4.90 Å². The lowest BCUT2D eigenvalue weighted by molar-refractivity contribution is 1.18. The van der Waals surface area contributed by atoms with Crippen molar-refractivity contribution in [1.29, 1.82) is 0 Å². The Kier molecular flexibility index (Phi) is 8.87. The smallest absolute Gasteiger partial charge is 0.0562 e. The molecular weight excluding hydrogens is 725 g/mol. The maximum atomic E-state index is 2.50. The van der Waals surface area contributed by atoms with Crippen molar-refractivity contribution in [2.24, 2.45) is 0 Å². The molecule has 0 aliphatic heterocycles. The zero-order valence-corrected chi connectivity index (χ0v) is 33.0. The van der Waals surface area contributed by atoms with Crippen LogP contribution in [0.1, 0.15) is 0 Å². The molecule has 0 saturated heterocycles. The van der Waals surface area contributed by atoms with Gasteiger partial charge in [-0.3, -0.25) is 0 Å². The number of benzene rings is 10. The predicted octanol–water partition coefficient (Wildman–Crippen LogP) is 16.1. The number of rotatable bonds is 8. The van der Waals surface area contributed by atoms with Crippen LogP contribution in [-0.4, -0.2) is 4.57 Å².